The van der Waals surface area contributed by atoms with E-state index in [9.17, 15) is 0 Å². The number of hydrogen-bond acceptors (Lipinski definition) is 3. The fraction of sp³-hybridized carbons (Fsp3) is 0.571. The minimum absolute atomic E-state index is 0.640. The molecule has 0 fully saturated rings. The number of nitrogens with two attached hydrogens (primary N) is 1. The van der Waals surface area contributed by atoms with Gasteiger partial charge in [0.25, 0.3) is 0 Å². The molecule has 0 amide bonds. The van der Waals surface area contributed by atoms with Crippen LogP contribution in [0.2, 0.25) is 0 Å². The fourth-order valence-electron chi connectivity index (χ4n) is 1.97. The van der Waals surface area contributed by atoms with Crippen molar-refractivity contribution in [3.8, 4) is 5.75 Å². The van der Waals surface area contributed by atoms with Gasteiger partial charge in [-0.3, -0.25) is 4.90 Å². The van der Waals surface area contributed by atoms with Gasteiger partial charge in [-0.05, 0) is 29.7 Å². The zero-order valence-corrected chi connectivity index (χ0v) is 13.0. The lowest BCUT2D eigenvalue weighted by Gasteiger charge is -2.24. The molecule has 18 heavy (non-hydrogen) atoms. The third-order valence-electron chi connectivity index (χ3n) is 2.72. The van der Waals surface area contributed by atoms with Gasteiger partial charge in [0.2, 0.25) is 0 Å². The van der Waals surface area contributed by atoms with Crippen molar-refractivity contribution < 1.29 is 4.74 Å². The van der Waals surface area contributed by atoms with Gasteiger partial charge in [0, 0.05) is 30.7 Å². The van der Waals surface area contributed by atoms with Gasteiger partial charge >= 0.3 is 0 Å². The van der Waals surface area contributed by atoms with E-state index in [-0.39, 0.29) is 0 Å². The van der Waals surface area contributed by atoms with Gasteiger partial charge in [0.1, 0.15) is 5.75 Å². The third-order valence-corrected chi connectivity index (χ3v) is 3.49. The summed E-state index contributed by atoms with van der Waals surface area (Å²) in [7, 11) is 1.69. The quantitative estimate of drug-likeness (QED) is 0.841. The molecule has 0 aliphatic carbocycles. The third kappa shape index (κ3) is 4.96. The number of rotatable bonds is 7. The molecule has 0 aliphatic heterocycles. The largest absolute Gasteiger partial charge is 0.497 e. The predicted octanol–water partition coefficient (Wildman–Crippen LogP) is 2.87. The molecule has 0 atom stereocenters. The van der Waals surface area contributed by atoms with Gasteiger partial charge in [-0.2, -0.15) is 0 Å². The van der Waals surface area contributed by atoms with Crippen LogP contribution in [0.3, 0.4) is 0 Å². The minimum Gasteiger partial charge on any atom is -0.497 e. The van der Waals surface area contributed by atoms with Crippen molar-refractivity contribution in [2.24, 2.45) is 11.7 Å². The molecule has 0 aromatic heterocycles. The second-order valence-electron chi connectivity index (χ2n) is 4.87. The van der Waals surface area contributed by atoms with E-state index in [0.29, 0.717) is 12.5 Å². The van der Waals surface area contributed by atoms with Crippen LogP contribution in [0.15, 0.2) is 22.7 Å². The molecule has 3 nitrogen and oxygen atoms in total. The number of benzene rings is 1. The van der Waals surface area contributed by atoms with Crippen LogP contribution in [0.1, 0.15) is 19.4 Å². The molecule has 0 aliphatic rings. The highest BCUT2D eigenvalue weighted by Crippen LogP contribution is 2.24. The van der Waals surface area contributed by atoms with Crippen LogP contribution in [0.4, 0.5) is 0 Å². The molecule has 0 heterocycles. The zero-order valence-electron chi connectivity index (χ0n) is 11.4. The minimum atomic E-state index is 0.640. The van der Waals surface area contributed by atoms with Gasteiger partial charge in [-0.1, -0.05) is 29.8 Å². The van der Waals surface area contributed by atoms with Crippen molar-refractivity contribution in [3.05, 3.63) is 28.2 Å². The Kier molecular flexibility index (Phi) is 6.68. The molecule has 0 radical (unpaired) electrons. The van der Waals surface area contributed by atoms with E-state index in [2.05, 4.69) is 40.7 Å². The van der Waals surface area contributed by atoms with Crippen molar-refractivity contribution in [2.75, 3.05) is 26.7 Å². The van der Waals surface area contributed by atoms with Gasteiger partial charge in [-0.25, -0.2) is 0 Å². The predicted molar refractivity (Wildman–Crippen MR) is 79.9 cm³/mol. The van der Waals surface area contributed by atoms with Gasteiger partial charge in [-0.15, -0.1) is 0 Å². The molecular formula is C14H23BrN2O. The molecule has 0 saturated heterocycles. The van der Waals surface area contributed by atoms with E-state index in [1.54, 1.807) is 7.11 Å². The van der Waals surface area contributed by atoms with Crippen molar-refractivity contribution in [3.63, 3.8) is 0 Å². The Morgan fingerprint density at radius 2 is 2.11 bits per heavy atom. The van der Waals surface area contributed by atoms with E-state index in [1.807, 2.05) is 12.1 Å². The van der Waals surface area contributed by atoms with Gasteiger partial charge in [0.05, 0.1) is 7.11 Å². The topological polar surface area (TPSA) is 38.5 Å². The first kappa shape index (κ1) is 15.5. The summed E-state index contributed by atoms with van der Waals surface area (Å²) in [6.07, 6.45) is 0. The lowest BCUT2D eigenvalue weighted by molar-refractivity contribution is 0.242. The molecule has 0 unspecified atom stereocenters. The maximum Gasteiger partial charge on any atom is 0.119 e. The first-order valence-electron chi connectivity index (χ1n) is 6.31. The molecule has 0 bridgehead atoms. The van der Waals surface area contributed by atoms with Crippen LogP contribution >= 0.6 is 15.9 Å². The Morgan fingerprint density at radius 1 is 1.39 bits per heavy atom. The highest BCUT2D eigenvalue weighted by atomic mass is 79.9. The first-order valence-corrected chi connectivity index (χ1v) is 7.11. The summed E-state index contributed by atoms with van der Waals surface area (Å²) < 4.78 is 6.39. The standard InChI is InChI=1S/C14H23BrN2O/c1-11(2)9-17(7-6-16)10-12-8-13(18-3)4-5-14(12)15/h4-5,8,11H,6-7,9-10,16H2,1-3H3. The average Bonchev–Trinajstić information content (AvgIpc) is 2.31. The van der Waals surface area contributed by atoms with Crippen LogP contribution in [0.25, 0.3) is 0 Å². The maximum atomic E-state index is 5.67. The van der Waals surface area contributed by atoms with Crippen molar-refractivity contribution in [2.45, 2.75) is 20.4 Å². The number of hydrogen-bond donors (Lipinski definition) is 1. The summed E-state index contributed by atoms with van der Waals surface area (Å²) >= 11 is 3.59. The van der Waals surface area contributed by atoms with E-state index >= 15 is 0 Å². The molecule has 1 aromatic rings. The Bertz CT molecular complexity index is 369. The molecular weight excluding hydrogens is 292 g/mol. The van der Waals surface area contributed by atoms with E-state index in [4.69, 9.17) is 10.5 Å². The van der Waals surface area contributed by atoms with Crippen molar-refractivity contribution in [1.82, 2.24) is 4.90 Å². The Morgan fingerprint density at radius 3 is 2.67 bits per heavy atom. The van der Waals surface area contributed by atoms with E-state index in [0.717, 1.165) is 29.9 Å². The lowest BCUT2D eigenvalue weighted by atomic mass is 10.1. The zero-order chi connectivity index (χ0) is 13.5. The summed E-state index contributed by atoms with van der Waals surface area (Å²) in [6.45, 7) is 8.01. The van der Waals surface area contributed by atoms with Crippen molar-refractivity contribution >= 4 is 15.9 Å². The number of ether oxygens (including phenoxy) is 1. The van der Waals surface area contributed by atoms with E-state index in [1.165, 1.54) is 5.56 Å². The van der Waals surface area contributed by atoms with E-state index < -0.39 is 0 Å². The summed E-state index contributed by atoms with van der Waals surface area (Å²) in [4.78, 5) is 2.38. The number of nitrogens with zero attached hydrogens (tertiary/aromatic N) is 1. The molecule has 1 aromatic carbocycles. The van der Waals surface area contributed by atoms with Gasteiger partial charge in [0.15, 0.2) is 0 Å². The molecule has 4 heteroatoms. The maximum absolute atomic E-state index is 5.67. The summed E-state index contributed by atoms with van der Waals surface area (Å²) in [5.74, 6) is 1.53. The lowest BCUT2D eigenvalue weighted by Crippen LogP contribution is -2.32. The average molecular weight is 315 g/mol. The summed E-state index contributed by atoms with van der Waals surface area (Å²) in [5, 5.41) is 0. The normalized spacial score (nSPS) is 11.3. The second kappa shape index (κ2) is 7.77. The smallest absolute Gasteiger partial charge is 0.119 e. The Balaban J connectivity index is 2.78. The first-order chi connectivity index (χ1) is 8.56. The molecule has 2 N–H and O–H groups in total. The second-order valence-corrected chi connectivity index (χ2v) is 5.73. The number of halogens is 1. The van der Waals surface area contributed by atoms with Crippen LogP contribution in [-0.2, 0) is 6.54 Å². The van der Waals surface area contributed by atoms with Crippen LogP contribution < -0.4 is 10.5 Å². The highest BCUT2D eigenvalue weighted by molar-refractivity contribution is 9.10. The molecule has 1 rings (SSSR count). The van der Waals surface area contributed by atoms with Crippen LogP contribution in [0.5, 0.6) is 5.75 Å². The van der Waals surface area contributed by atoms with Crippen molar-refractivity contribution in [1.29, 1.82) is 0 Å². The van der Waals surface area contributed by atoms with Crippen LogP contribution in [0, 0.1) is 5.92 Å². The summed E-state index contributed by atoms with van der Waals surface area (Å²) in [6, 6.07) is 6.07. The number of methoxy groups -OCH3 is 1. The molecule has 0 spiro atoms. The Labute approximate surface area is 118 Å². The molecule has 0 saturated carbocycles. The monoisotopic (exact) mass is 314 g/mol. The fourth-order valence-corrected chi connectivity index (χ4v) is 2.35. The SMILES string of the molecule is COc1ccc(Br)c(CN(CCN)CC(C)C)c1. The van der Waals surface area contributed by atoms with Crippen LogP contribution in [-0.4, -0.2) is 31.6 Å². The van der Waals surface area contributed by atoms with Gasteiger partial charge < -0.3 is 10.5 Å². The summed E-state index contributed by atoms with van der Waals surface area (Å²) in [5.41, 5.74) is 6.91. The Hall–Kier alpha value is -0.580. The molecule has 102 valence electrons. The highest BCUT2D eigenvalue weighted by Gasteiger charge is 2.10.